The van der Waals surface area contributed by atoms with E-state index in [1.165, 1.54) is 6.07 Å². The Morgan fingerprint density at radius 3 is 2.32 bits per heavy atom. The molecule has 1 atom stereocenters. The number of dihydropyridines is 1. The van der Waals surface area contributed by atoms with Crippen molar-refractivity contribution in [2.45, 2.75) is 19.8 Å². The summed E-state index contributed by atoms with van der Waals surface area (Å²) >= 11 is 0. The van der Waals surface area contributed by atoms with Gasteiger partial charge in [-0.3, -0.25) is 19.7 Å². The summed E-state index contributed by atoms with van der Waals surface area (Å²) < 4.78 is 0. The van der Waals surface area contributed by atoms with Gasteiger partial charge in [0.05, 0.1) is 16.5 Å². The molecule has 0 bridgehead atoms. The van der Waals surface area contributed by atoms with Crippen LogP contribution in [0.2, 0.25) is 0 Å². The topological polar surface area (TPSA) is 101 Å². The van der Waals surface area contributed by atoms with E-state index in [4.69, 9.17) is 0 Å². The van der Waals surface area contributed by atoms with Gasteiger partial charge in [-0.2, -0.15) is 0 Å². The van der Waals surface area contributed by atoms with Gasteiger partial charge < -0.3 is 10.6 Å². The molecule has 7 heteroatoms. The van der Waals surface area contributed by atoms with Gasteiger partial charge in [0.25, 0.3) is 11.6 Å². The normalized spacial score (nSPS) is 16.6. The lowest BCUT2D eigenvalue weighted by Crippen LogP contribution is -2.31. The maximum absolute atomic E-state index is 13.7. The first-order valence-corrected chi connectivity index (χ1v) is 10.8. The Morgan fingerprint density at radius 1 is 0.941 bits per heavy atom. The number of rotatable bonds is 4. The second-order valence-corrected chi connectivity index (χ2v) is 8.35. The van der Waals surface area contributed by atoms with Crippen LogP contribution < -0.4 is 10.6 Å². The molecule has 1 aliphatic heterocycles. The zero-order chi connectivity index (χ0) is 24.0. The summed E-state index contributed by atoms with van der Waals surface area (Å²) in [6, 6.07) is 20.8. The number of carbonyl (C=O) groups is 2. The molecule has 3 aromatic rings. The molecule has 0 aromatic heterocycles. The lowest BCUT2D eigenvalue weighted by molar-refractivity contribution is -0.385. The van der Waals surface area contributed by atoms with E-state index in [0.29, 0.717) is 33.8 Å². The first-order valence-electron chi connectivity index (χ1n) is 10.8. The van der Waals surface area contributed by atoms with Gasteiger partial charge in [-0.1, -0.05) is 60.7 Å². The van der Waals surface area contributed by atoms with E-state index in [0.717, 1.165) is 11.1 Å². The van der Waals surface area contributed by atoms with Gasteiger partial charge in [-0.25, -0.2) is 0 Å². The molecule has 0 spiro atoms. The van der Waals surface area contributed by atoms with Crippen LogP contribution in [0, 0.1) is 17.0 Å². The first-order chi connectivity index (χ1) is 16.4. The Balaban J connectivity index is 1.70. The molecule has 7 nitrogen and oxygen atoms in total. The smallest absolute Gasteiger partial charge is 0.273 e. The number of aryl methyl sites for hydroxylation is 1. The van der Waals surface area contributed by atoms with Crippen molar-refractivity contribution in [1.29, 1.82) is 0 Å². The SMILES string of the molecule is CC1=C(C(=O)Nc2ccccc2C)C(c2ccccc2[N+](=O)[O-])C2=C(N1)c1ccccc1C2=O. The average Bonchev–Trinajstić information content (AvgIpc) is 3.11. The van der Waals surface area contributed by atoms with Crippen LogP contribution in [0.25, 0.3) is 5.70 Å². The fourth-order valence-corrected chi connectivity index (χ4v) is 4.74. The third kappa shape index (κ3) is 3.29. The summed E-state index contributed by atoms with van der Waals surface area (Å²) in [5.74, 6) is -1.56. The van der Waals surface area contributed by atoms with E-state index >= 15 is 0 Å². The van der Waals surface area contributed by atoms with Crippen molar-refractivity contribution in [3.8, 4) is 0 Å². The lowest BCUT2D eigenvalue weighted by Gasteiger charge is -2.29. The molecular weight excluding hydrogens is 430 g/mol. The maximum Gasteiger partial charge on any atom is 0.273 e. The summed E-state index contributed by atoms with van der Waals surface area (Å²) in [6.07, 6.45) is 0. The molecule has 0 saturated carbocycles. The second kappa shape index (κ2) is 8.12. The molecule has 1 heterocycles. The largest absolute Gasteiger partial charge is 0.358 e. The fourth-order valence-electron chi connectivity index (χ4n) is 4.74. The van der Waals surface area contributed by atoms with Crippen LogP contribution in [-0.2, 0) is 4.79 Å². The van der Waals surface area contributed by atoms with Crippen LogP contribution in [0.1, 0.15) is 39.9 Å². The van der Waals surface area contributed by atoms with E-state index in [2.05, 4.69) is 10.6 Å². The van der Waals surface area contributed by atoms with Crippen LogP contribution in [0.3, 0.4) is 0 Å². The number of nitrogens with one attached hydrogen (secondary N) is 2. The number of fused-ring (bicyclic) bond motifs is 2. The number of Topliss-reactive ketones (excluding diaryl/α,β-unsaturated/α-hetero) is 1. The first kappa shape index (κ1) is 21.3. The molecule has 2 aliphatic rings. The van der Waals surface area contributed by atoms with Crippen molar-refractivity contribution in [3.63, 3.8) is 0 Å². The predicted octanol–water partition coefficient (Wildman–Crippen LogP) is 5.11. The van der Waals surface area contributed by atoms with Crippen LogP contribution >= 0.6 is 0 Å². The maximum atomic E-state index is 13.7. The number of nitro benzene ring substituents is 1. The van der Waals surface area contributed by atoms with E-state index in [-0.39, 0.29) is 17.0 Å². The zero-order valence-corrected chi connectivity index (χ0v) is 18.6. The molecule has 2 N–H and O–H groups in total. The van der Waals surface area contributed by atoms with Crippen molar-refractivity contribution >= 4 is 28.8 Å². The van der Waals surface area contributed by atoms with Crippen molar-refractivity contribution in [2.75, 3.05) is 5.32 Å². The Kier molecular flexibility index (Phi) is 5.09. The van der Waals surface area contributed by atoms with Crippen molar-refractivity contribution in [1.82, 2.24) is 5.32 Å². The number of allylic oxidation sites excluding steroid dienone is 2. The van der Waals surface area contributed by atoms with Crippen LogP contribution in [0.4, 0.5) is 11.4 Å². The van der Waals surface area contributed by atoms with Gasteiger partial charge in [0, 0.05) is 45.3 Å². The third-order valence-corrected chi connectivity index (χ3v) is 6.33. The average molecular weight is 451 g/mol. The van der Waals surface area contributed by atoms with Crippen molar-refractivity contribution in [3.05, 3.63) is 122 Å². The number of benzene rings is 3. The van der Waals surface area contributed by atoms with E-state index in [1.54, 1.807) is 43.3 Å². The van der Waals surface area contributed by atoms with Gasteiger partial charge in [0.15, 0.2) is 5.78 Å². The molecule has 1 aliphatic carbocycles. The quantitative estimate of drug-likeness (QED) is 0.424. The van der Waals surface area contributed by atoms with Gasteiger partial charge in [0.2, 0.25) is 0 Å². The lowest BCUT2D eigenvalue weighted by atomic mass is 9.78. The van der Waals surface area contributed by atoms with Crippen molar-refractivity contribution < 1.29 is 14.5 Å². The number of anilines is 1. The molecule has 168 valence electrons. The molecule has 0 radical (unpaired) electrons. The fraction of sp³-hybridized carbons (Fsp3) is 0.111. The molecule has 0 saturated heterocycles. The van der Waals surface area contributed by atoms with Gasteiger partial charge in [-0.05, 0) is 25.5 Å². The molecular formula is C27H21N3O4. The third-order valence-electron chi connectivity index (χ3n) is 6.33. The van der Waals surface area contributed by atoms with Crippen LogP contribution in [0.5, 0.6) is 0 Å². The zero-order valence-electron chi connectivity index (χ0n) is 18.6. The highest BCUT2D eigenvalue weighted by molar-refractivity contribution is 6.24. The molecule has 0 fully saturated rings. The molecule has 1 amide bonds. The number of nitro groups is 1. The standard InChI is InChI=1S/C27H21N3O4/c1-15-9-3-7-13-20(15)29-27(32)22-16(2)28-25-17-10-4-5-11-18(17)26(31)24(25)23(22)19-12-6-8-14-21(19)30(33)34/h3-14,23,28H,1-2H3,(H,29,32). The van der Waals surface area contributed by atoms with E-state index < -0.39 is 16.7 Å². The van der Waals surface area contributed by atoms with E-state index in [1.807, 2.05) is 37.3 Å². The Hall–Kier alpha value is -4.52. The van der Waals surface area contributed by atoms with E-state index in [9.17, 15) is 19.7 Å². The minimum Gasteiger partial charge on any atom is -0.358 e. The van der Waals surface area contributed by atoms with Gasteiger partial charge >= 0.3 is 0 Å². The van der Waals surface area contributed by atoms with Crippen LogP contribution in [0.15, 0.2) is 89.6 Å². The highest BCUT2D eigenvalue weighted by Gasteiger charge is 2.44. The van der Waals surface area contributed by atoms with Crippen LogP contribution in [-0.4, -0.2) is 16.6 Å². The Bertz CT molecular complexity index is 1450. The monoisotopic (exact) mass is 451 g/mol. The Labute approximate surface area is 196 Å². The van der Waals surface area contributed by atoms with Gasteiger partial charge in [-0.15, -0.1) is 0 Å². The molecule has 34 heavy (non-hydrogen) atoms. The van der Waals surface area contributed by atoms with Gasteiger partial charge in [0.1, 0.15) is 0 Å². The number of hydrogen-bond donors (Lipinski definition) is 2. The number of nitrogens with zero attached hydrogens (tertiary/aromatic N) is 1. The highest BCUT2D eigenvalue weighted by atomic mass is 16.6. The number of hydrogen-bond acceptors (Lipinski definition) is 5. The molecule has 1 unspecified atom stereocenters. The summed E-state index contributed by atoms with van der Waals surface area (Å²) in [5, 5.41) is 18.1. The number of para-hydroxylation sites is 2. The number of amides is 1. The summed E-state index contributed by atoms with van der Waals surface area (Å²) in [7, 11) is 0. The van der Waals surface area contributed by atoms with Crippen molar-refractivity contribution in [2.24, 2.45) is 0 Å². The summed E-state index contributed by atoms with van der Waals surface area (Å²) in [5.41, 5.74) is 4.66. The Morgan fingerprint density at radius 2 is 1.59 bits per heavy atom. The highest BCUT2D eigenvalue weighted by Crippen LogP contribution is 2.48. The molecule has 5 rings (SSSR count). The number of ketones is 1. The summed E-state index contributed by atoms with van der Waals surface area (Å²) in [4.78, 5) is 38.7. The second-order valence-electron chi connectivity index (χ2n) is 8.35. The summed E-state index contributed by atoms with van der Waals surface area (Å²) in [6.45, 7) is 3.64. The minimum atomic E-state index is -0.901. The number of carbonyl (C=O) groups excluding carboxylic acids is 2. The molecule has 3 aromatic carbocycles. The minimum absolute atomic E-state index is 0.140. The predicted molar refractivity (Wildman–Crippen MR) is 129 cm³/mol.